The number of hydrogen-bond acceptors (Lipinski definition) is 3. The van der Waals surface area contributed by atoms with E-state index in [1.807, 2.05) is 6.92 Å². The van der Waals surface area contributed by atoms with Crippen molar-refractivity contribution >= 4 is 28.7 Å². The van der Waals surface area contributed by atoms with Crippen LogP contribution in [0.1, 0.15) is 16.6 Å². The number of hydrogen-bond donors (Lipinski definition) is 1. The van der Waals surface area contributed by atoms with Crippen LogP contribution in [-0.2, 0) is 0 Å². The van der Waals surface area contributed by atoms with Gasteiger partial charge in [0.25, 0.3) is 0 Å². The van der Waals surface area contributed by atoms with Gasteiger partial charge in [-0.1, -0.05) is 12.1 Å². The first-order chi connectivity index (χ1) is 8.63. The molecule has 0 amide bonds. The van der Waals surface area contributed by atoms with E-state index in [1.54, 1.807) is 34.5 Å². The minimum atomic E-state index is -0.962. The third-order valence-corrected chi connectivity index (χ3v) is 3.47. The Bertz CT molecular complexity index is 568. The maximum absolute atomic E-state index is 13.7. The fourth-order valence-corrected chi connectivity index (χ4v) is 2.48. The van der Waals surface area contributed by atoms with Crippen molar-refractivity contribution in [2.24, 2.45) is 0 Å². The lowest BCUT2D eigenvalue weighted by molar-refractivity contribution is 0.0702. The minimum Gasteiger partial charge on any atom is -0.477 e. The van der Waals surface area contributed by atoms with Crippen molar-refractivity contribution in [2.45, 2.75) is 6.92 Å². The van der Waals surface area contributed by atoms with Crippen LogP contribution in [0.4, 0.5) is 15.8 Å². The lowest BCUT2D eigenvalue weighted by atomic mass is 10.2. The fraction of sp³-hybridized carbons (Fsp3) is 0.154. The zero-order chi connectivity index (χ0) is 13.1. The Morgan fingerprint density at radius 1 is 1.44 bits per heavy atom. The van der Waals surface area contributed by atoms with Gasteiger partial charge in [-0.05, 0) is 25.1 Å². The molecular weight excluding hydrogens is 253 g/mol. The molecule has 2 aromatic rings. The second kappa shape index (κ2) is 5.18. The molecule has 0 radical (unpaired) electrons. The van der Waals surface area contributed by atoms with Gasteiger partial charge < -0.3 is 10.0 Å². The van der Waals surface area contributed by atoms with Gasteiger partial charge >= 0.3 is 5.97 Å². The first-order valence-electron chi connectivity index (χ1n) is 5.47. The van der Waals surface area contributed by atoms with Crippen molar-refractivity contribution in [1.82, 2.24) is 0 Å². The number of rotatable bonds is 4. The summed E-state index contributed by atoms with van der Waals surface area (Å²) in [4.78, 5) is 12.8. The van der Waals surface area contributed by atoms with E-state index in [0.717, 1.165) is 11.3 Å². The first-order valence-corrected chi connectivity index (χ1v) is 6.35. The Balaban J connectivity index is 2.39. The Labute approximate surface area is 108 Å². The zero-order valence-electron chi connectivity index (χ0n) is 9.76. The van der Waals surface area contributed by atoms with Crippen LogP contribution in [-0.4, -0.2) is 17.6 Å². The van der Waals surface area contributed by atoms with Crippen LogP contribution in [0.3, 0.4) is 0 Å². The molecule has 0 aliphatic carbocycles. The molecule has 94 valence electrons. The van der Waals surface area contributed by atoms with E-state index in [0.29, 0.717) is 17.9 Å². The van der Waals surface area contributed by atoms with Gasteiger partial charge in [0.2, 0.25) is 0 Å². The minimum absolute atomic E-state index is 0.250. The van der Waals surface area contributed by atoms with Crippen molar-refractivity contribution < 1.29 is 14.3 Å². The third-order valence-electron chi connectivity index (χ3n) is 2.57. The summed E-state index contributed by atoms with van der Waals surface area (Å²) in [6.07, 6.45) is 0. The molecule has 0 aliphatic heterocycles. The SMILES string of the molecule is CCN(c1csc(C(=O)O)c1)c1ccccc1F. The number of benzene rings is 1. The average Bonchev–Trinajstić information content (AvgIpc) is 2.82. The van der Waals surface area contributed by atoms with Crippen molar-refractivity contribution in [3.05, 3.63) is 46.4 Å². The second-order valence-corrected chi connectivity index (χ2v) is 4.58. The molecular formula is C13H12FNO2S. The summed E-state index contributed by atoms with van der Waals surface area (Å²) in [6, 6.07) is 8.01. The van der Waals surface area contributed by atoms with Crippen molar-refractivity contribution in [1.29, 1.82) is 0 Å². The van der Waals surface area contributed by atoms with E-state index in [4.69, 9.17) is 5.11 Å². The van der Waals surface area contributed by atoms with Gasteiger partial charge in [0.05, 0.1) is 11.4 Å². The van der Waals surface area contributed by atoms with Crippen LogP contribution in [0.5, 0.6) is 0 Å². The van der Waals surface area contributed by atoms with E-state index in [1.165, 1.54) is 6.07 Å². The highest BCUT2D eigenvalue weighted by atomic mass is 32.1. The highest BCUT2D eigenvalue weighted by Crippen LogP contribution is 2.31. The van der Waals surface area contributed by atoms with Gasteiger partial charge in [-0.3, -0.25) is 0 Å². The third kappa shape index (κ3) is 2.36. The topological polar surface area (TPSA) is 40.5 Å². The molecule has 0 saturated heterocycles. The molecule has 0 aliphatic rings. The number of thiophene rings is 1. The summed E-state index contributed by atoms with van der Waals surface area (Å²) in [5, 5.41) is 10.6. The highest BCUT2D eigenvalue weighted by molar-refractivity contribution is 7.12. The first kappa shape index (κ1) is 12.6. The number of carboxylic acids is 1. The van der Waals surface area contributed by atoms with Gasteiger partial charge in [-0.2, -0.15) is 0 Å². The summed E-state index contributed by atoms with van der Waals surface area (Å²) in [7, 11) is 0. The maximum atomic E-state index is 13.7. The molecule has 0 atom stereocenters. The molecule has 5 heteroatoms. The van der Waals surface area contributed by atoms with Crippen LogP contribution >= 0.6 is 11.3 Å². The molecule has 0 saturated carbocycles. The molecule has 1 heterocycles. The van der Waals surface area contributed by atoms with Crippen LogP contribution in [0.25, 0.3) is 0 Å². The number of para-hydroxylation sites is 1. The standard InChI is InChI=1S/C13H12FNO2S/c1-2-15(11-6-4-3-5-10(11)14)9-7-12(13(16)17)18-8-9/h3-8H,2H2,1H3,(H,16,17). The highest BCUT2D eigenvalue weighted by Gasteiger charge is 2.15. The molecule has 1 aromatic carbocycles. The van der Waals surface area contributed by atoms with Gasteiger partial charge in [0, 0.05) is 11.9 Å². The lowest BCUT2D eigenvalue weighted by Crippen LogP contribution is -2.16. The zero-order valence-corrected chi connectivity index (χ0v) is 10.6. The van der Waals surface area contributed by atoms with Gasteiger partial charge in [-0.25, -0.2) is 9.18 Å². The summed E-state index contributed by atoms with van der Waals surface area (Å²) in [5.74, 6) is -1.28. The number of aromatic carboxylic acids is 1. The molecule has 1 aromatic heterocycles. The number of halogens is 1. The predicted octanol–water partition coefficient (Wildman–Crippen LogP) is 3.74. The Kier molecular flexibility index (Phi) is 3.62. The fourth-order valence-electron chi connectivity index (χ4n) is 1.74. The molecule has 3 nitrogen and oxygen atoms in total. The summed E-state index contributed by atoms with van der Waals surface area (Å²) >= 11 is 1.14. The van der Waals surface area contributed by atoms with Crippen molar-refractivity contribution in [2.75, 3.05) is 11.4 Å². The normalized spacial score (nSPS) is 10.3. The number of anilines is 2. The van der Waals surface area contributed by atoms with Gasteiger partial charge in [0.1, 0.15) is 10.7 Å². The van der Waals surface area contributed by atoms with Crippen molar-refractivity contribution in [3.8, 4) is 0 Å². The number of carbonyl (C=O) groups is 1. The molecule has 0 spiro atoms. The largest absolute Gasteiger partial charge is 0.477 e. The van der Waals surface area contributed by atoms with E-state index in [-0.39, 0.29) is 10.7 Å². The average molecular weight is 265 g/mol. The quantitative estimate of drug-likeness (QED) is 0.915. The predicted molar refractivity (Wildman–Crippen MR) is 70.4 cm³/mol. The summed E-state index contributed by atoms with van der Waals surface area (Å²) < 4.78 is 13.7. The van der Waals surface area contributed by atoms with Crippen LogP contribution in [0, 0.1) is 5.82 Å². The molecule has 18 heavy (non-hydrogen) atoms. The van der Waals surface area contributed by atoms with E-state index in [9.17, 15) is 9.18 Å². The lowest BCUT2D eigenvalue weighted by Gasteiger charge is -2.22. The Hall–Kier alpha value is -1.88. The van der Waals surface area contributed by atoms with E-state index < -0.39 is 5.97 Å². The molecule has 0 unspecified atom stereocenters. The Morgan fingerprint density at radius 3 is 2.72 bits per heavy atom. The van der Waals surface area contributed by atoms with Gasteiger partial charge in [0.15, 0.2) is 0 Å². The smallest absolute Gasteiger partial charge is 0.345 e. The number of carboxylic acid groups (broad SMARTS) is 1. The van der Waals surface area contributed by atoms with Crippen LogP contribution < -0.4 is 4.90 Å². The van der Waals surface area contributed by atoms with E-state index in [2.05, 4.69) is 0 Å². The van der Waals surface area contributed by atoms with Crippen molar-refractivity contribution in [3.63, 3.8) is 0 Å². The molecule has 0 bridgehead atoms. The maximum Gasteiger partial charge on any atom is 0.345 e. The second-order valence-electron chi connectivity index (χ2n) is 3.67. The van der Waals surface area contributed by atoms with E-state index >= 15 is 0 Å². The van der Waals surface area contributed by atoms with Gasteiger partial charge in [-0.15, -0.1) is 11.3 Å². The Morgan fingerprint density at radius 2 is 2.17 bits per heavy atom. The van der Waals surface area contributed by atoms with Crippen LogP contribution in [0.15, 0.2) is 35.7 Å². The molecule has 0 fully saturated rings. The van der Waals surface area contributed by atoms with Crippen LogP contribution in [0.2, 0.25) is 0 Å². The monoisotopic (exact) mass is 265 g/mol. The summed E-state index contributed by atoms with van der Waals surface area (Å²) in [5.41, 5.74) is 1.15. The molecule has 1 N–H and O–H groups in total. The number of nitrogens with zero attached hydrogens (tertiary/aromatic N) is 1. The summed E-state index contributed by atoms with van der Waals surface area (Å²) in [6.45, 7) is 2.46. The molecule has 2 rings (SSSR count).